The highest BCUT2D eigenvalue weighted by molar-refractivity contribution is 5.76. The van der Waals surface area contributed by atoms with E-state index in [2.05, 4.69) is 31.3 Å². The van der Waals surface area contributed by atoms with E-state index < -0.39 is 12.1 Å². The van der Waals surface area contributed by atoms with Gasteiger partial charge in [-0.1, -0.05) is 251 Å². The molecule has 0 aliphatic rings. The topological polar surface area (TPSA) is 95.9 Å². The standard InChI is InChI=1S/C55H107NO5/c1-3-5-7-9-11-13-15-16-21-25-29-33-37-41-45-49-55(60)61-50-46-42-38-34-30-26-23-20-18-17-19-22-24-28-32-36-40-44-48-54(59)56-52(51-57)53(58)47-43-39-35-31-27-14-12-10-8-6-4-2/h19,22,52-53,57-58H,3-18,20-21,23-51H2,1-2H3,(H,56,59)/b22-19-. The Morgan fingerprint density at radius 3 is 1.16 bits per heavy atom. The highest BCUT2D eigenvalue weighted by Crippen LogP contribution is 2.17. The highest BCUT2D eigenvalue weighted by Gasteiger charge is 2.20. The van der Waals surface area contributed by atoms with E-state index in [4.69, 9.17) is 4.74 Å². The predicted molar refractivity (Wildman–Crippen MR) is 264 cm³/mol. The lowest BCUT2D eigenvalue weighted by Crippen LogP contribution is -2.45. The number of hydrogen-bond acceptors (Lipinski definition) is 5. The Hall–Kier alpha value is -1.40. The van der Waals surface area contributed by atoms with E-state index >= 15 is 0 Å². The summed E-state index contributed by atoms with van der Waals surface area (Å²) >= 11 is 0. The number of carbonyl (C=O) groups is 2. The third-order valence-corrected chi connectivity index (χ3v) is 12.8. The molecule has 2 unspecified atom stereocenters. The van der Waals surface area contributed by atoms with Crippen molar-refractivity contribution in [1.29, 1.82) is 0 Å². The van der Waals surface area contributed by atoms with Gasteiger partial charge in [-0.05, 0) is 51.4 Å². The van der Waals surface area contributed by atoms with Crippen LogP contribution in [0.5, 0.6) is 0 Å². The first-order chi connectivity index (χ1) is 30.0. The number of rotatable bonds is 51. The van der Waals surface area contributed by atoms with Crippen LogP contribution in [0, 0.1) is 0 Å². The Kier molecular flexibility index (Phi) is 50.1. The van der Waals surface area contributed by atoms with Crippen LogP contribution in [0.25, 0.3) is 0 Å². The summed E-state index contributed by atoms with van der Waals surface area (Å²) in [5.74, 6) is -0.0436. The van der Waals surface area contributed by atoms with Crippen LogP contribution in [0.3, 0.4) is 0 Å². The molecule has 61 heavy (non-hydrogen) atoms. The maximum Gasteiger partial charge on any atom is 0.305 e. The lowest BCUT2D eigenvalue weighted by Gasteiger charge is -2.22. The molecule has 0 aromatic carbocycles. The van der Waals surface area contributed by atoms with Crippen molar-refractivity contribution in [3.63, 3.8) is 0 Å². The number of carbonyl (C=O) groups excluding carboxylic acids is 2. The van der Waals surface area contributed by atoms with Crippen molar-refractivity contribution >= 4 is 11.9 Å². The van der Waals surface area contributed by atoms with Gasteiger partial charge in [-0.2, -0.15) is 0 Å². The van der Waals surface area contributed by atoms with Gasteiger partial charge in [-0.25, -0.2) is 0 Å². The van der Waals surface area contributed by atoms with Crippen LogP contribution in [0.1, 0.15) is 303 Å². The van der Waals surface area contributed by atoms with Gasteiger partial charge in [0.1, 0.15) is 0 Å². The molecule has 0 aromatic heterocycles. The number of nitrogens with one attached hydrogen (secondary N) is 1. The molecular formula is C55H107NO5. The van der Waals surface area contributed by atoms with Crippen molar-refractivity contribution in [3.05, 3.63) is 12.2 Å². The Bertz CT molecular complexity index is 909. The van der Waals surface area contributed by atoms with E-state index in [0.717, 1.165) is 51.4 Å². The first kappa shape index (κ1) is 59.6. The van der Waals surface area contributed by atoms with Crippen LogP contribution >= 0.6 is 0 Å². The number of aliphatic hydroxyl groups is 2. The first-order valence-electron chi connectivity index (χ1n) is 27.4. The van der Waals surface area contributed by atoms with E-state index in [-0.39, 0.29) is 18.5 Å². The van der Waals surface area contributed by atoms with Crippen molar-refractivity contribution in [1.82, 2.24) is 5.32 Å². The fourth-order valence-corrected chi connectivity index (χ4v) is 8.58. The Morgan fingerprint density at radius 2 is 0.770 bits per heavy atom. The van der Waals surface area contributed by atoms with Crippen LogP contribution in [0.4, 0.5) is 0 Å². The molecule has 0 saturated heterocycles. The molecule has 0 heterocycles. The number of hydrogen-bond donors (Lipinski definition) is 3. The first-order valence-corrected chi connectivity index (χ1v) is 27.4. The quantitative estimate of drug-likeness (QED) is 0.0322. The molecule has 0 aliphatic carbocycles. The molecule has 3 N–H and O–H groups in total. The number of unbranched alkanes of at least 4 members (excludes halogenated alkanes) is 38. The molecule has 2 atom stereocenters. The average molecular weight is 862 g/mol. The second-order valence-electron chi connectivity index (χ2n) is 18.9. The van der Waals surface area contributed by atoms with Crippen molar-refractivity contribution in [2.24, 2.45) is 0 Å². The minimum atomic E-state index is -0.670. The summed E-state index contributed by atoms with van der Waals surface area (Å²) in [5, 5.41) is 23.1. The molecule has 0 spiro atoms. The fraction of sp³-hybridized carbons (Fsp3) is 0.927. The monoisotopic (exact) mass is 862 g/mol. The normalized spacial score (nSPS) is 12.7. The minimum absolute atomic E-state index is 0.00600. The highest BCUT2D eigenvalue weighted by atomic mass is 16.5. The number of esters is 1. The number of amides is 1. The molecule has 1 amide bonds. The largest absolute Gasteiger partial charge is 0.466 e. The molecule has 6 heteroatoms. The van der Waals surface area contributed by atoms with Crippen LogP contribution in [0.2, 0.25) is 0 Å². The lowest BCUT2D eigenvalue weighted by atomic mass is 10.0. The summed E-state index contributed by atoms with van der Waals surface area (Å²) in [6.07, 6.45) is 59.1. The van der Waals surface area contributed by atoms with Crippen LogP contribution in [0.15, 0.2) is 12.2 Å². The molecule has 0 aromatic rings. The second kappa shape index (κ2) is 51.2. The van der Waals surface area contributed by atoms with E-state index in [9.17, 15) is 19.8 Å². The molecule has 0 radical (unpaired) electrons. The Morgan fingerprint density at radius 1 is 0.443 bits per heavy atom. The minimum Gasteiger partial charge on any atom is -0.466 e. The summed E-state index contributed by atoms with van der Waals surface area (Å²) in [6, 6.07) is -0.549. The zero-order chi connectivity index (χ0) is 44.4. The third kappa shape index (κ3) is 47.9. The SMILES string of the molecule is CCCCCCCCCCCCCCCCCC(=O)OCCCCCCCCCCC/C=C\CCCCCCCC(=O)NC(CO)C(O)CCCCCCCCCCCCC. The van der Waals surface area contributed by atoms with Gasteiger partial charge in [0, 0.05) is 12.8 Å². The van der Waals surface area contributed by atoms with E-state index in [1.54, 1.807) is 0 Å². The number of ether oxygens (including phenoxy) is 1. The Labute approximate surface area is 380 Å². The molecule has 0 aliphatic heterocycles. The van der Waals surface area contributed by atoms with Gasteiger partial charge in [-0.15, -0.1) is 0 Å². The summed E-state index contributed by atoms with van der Waals surface area (Å²) in [5.41, 5.74) is 0. The predicted octanol–water partition coefficient (Wildman–Crippen LogP) is 16.5. The van der Waals surface area contributed by atoms with Crippen LogP contribution in [-0.2, 0) is 14.3 Å². The summed E-state index contributed by atoms with van der Waals surface area (Å²) in [6.45, 7) is 4.94. The van der Waals surface area contributed by atoms with Gasteiger partial charge >= 0.3 is 5.97 Å². The molecular weight excluding hydrogens is 755 g/mol. The molecule has 0 rings (SSSR count). The average Bonchev–Trinajstić information content (AvgIpc) is 3.26. The maximum atomic E-state index is 12.4. The summed E-state index contributed by atoms with van der Waals surface area (Å²) in [7, 11) is 0. The smallest absolute Gasteiger partial charge is 0.305 e. The number of allylic oxidation sites excluding steroid dienone is 2. The van der Waals surface area contributed by atoms with Crippen LogP contribution < -0.4 is 5.32 Å². The Balaban J connectivity index is 3.41. The fourth-order valence-electron chi connectivity index (χ4n) is 8.58. The molecule has 0 bridgehead atoms. The molecule has 0 saturated carbocycles. The maximum absolute atomic E-state index is 12.4. The zero-order valence-electron chi connectivity index (χ0n) is 41.2. The molecule has 0 fully saturated rings. The van der Waals surface area contributed by atoms with E-state index in [1.165, 1.54) is 218 Å². The zero-order valence-corrected chi connectivity index (χ0v) is 41.2. The van der Waals surface area contributed by atoms with Gasteiger partial charge in [0.05, 0.1) is 25.4 Å². The summed E-state index contributed by atoms with van der Waals surface area (Å²) in [4.78, 5) is 24.5. The van der Waals surface area contributed by atoms with Crippen LogP contribution in [-0.4, -0.2) is 47.4 Å². The van der Waals surface area contributed by atoms with Gasteiger partial charge in [-0.3, -0.25) is 9.59 Å². The van der Waals surface area contributed by atoms with Crippen molar-refractivity contribution in [3.8, 4) is 0 Å². The number of aliphatic hydroxyl groups excluding tert-OH is 2. The third-order valence-electron chi connectivity index (χ3n) is 12.8. The van der Waals surface area contributed by atoms with Gasteiger partial charge in [0.2, 0.25) is 5.91 Å². The van der Waals surface area contributed by atoms with Gasteiger partial charge in [0.15, 0.2) is 0 Å². The summed E-state index contributed by atoms with van der Waals surface area (Å²) < 4.78 is 5.47. The van der Waals surface area contributed by atoms with Crippen molar-refractivity contribution in [2.75, 3.05) is 13.2 Å². The van der Waals surface area contributed by atoms with E-state index in [0.29, 0.717) is 25.9 Å². The second-order valence-corrected chi connectivity index (χ2v) is 18.9. The van der Waals surface area contributed by atoms with Gasteiger partial charge in [0.25, 0.3) is 0 Å². The van der Waals surface area contributed by atoms with Crippen molar-refractivity contribution in [2.45, 2.75) is 315 Å². The molecule has 362 valence electrons. The van der Waals surface area contributed by atoms with E-state index in [1.807, 2.05) is 0 Å². The van der Waals surface area contributed by atoms with Gasteiger partial charge < -0.3 is 20.3 Å². The molecule has 6 nitrogen and oxygen atoms in total. The lowest BCUT2D eigenvalue weighted by molar-refractivity contribution is -0.143. The van der Waals surface area contributed by atoms with Crippen molar-refractivity contribution < 1.29 is 24.5 Å².